The van der Waals surface area contributed by atoms with E-state index in [4.69, 9.17) is 8.37 Å². The van der Waals surface area contributed by atoms with Crippen molar-refractivity contribution in [1.82, 2.24) is 0 Å². The van der Waals surface area contributed by atoms with Gasteiger partial charge in [-0.05, 0) is 42.5 Å². The van der Waals surface area contributed by atoms with Gasteiger partial charge in [0, 0.05) is 0 Å². The fourth-order valence-electron chi connectivity index (χ4n) is 2.34. The molecule has 0 bridgehead atoms. The highest BCUT2D eigenvalue weighted by molar-refractivity contribution is 7.87. The summed E-state index contributed by atoms with van der Waals surface area (Å²) in [5, 5.41) is 0. The van der Waals surface area contributed by atoms with Crippen molar-refractivity contribution in [2.75, 3.05) is 13.2 Å². The van der Waals surface area contributed by atoms with E-state index in [2.05, 4.69) is 0 Å². The molecule has 0 unspecified atom stereocenters. The zero-order valence-corrected chi connectivity index (χ0v) is 17.0. The minimum atomic E-state index is -3.81. The average Bonchev–Trinajstić information content (AvgIpc) is 2.65. The van der Waals surface area contributed by atoms with Crippen LogP contribution in [0.5, 0.6) is 0 Å². The molecular formula is C19H24O6S2. The van der Waals surface area contributed by atoms with Gasteiger partial charge in [0.15, 0.2) is 0 Å². The molecule has 0 aromatic heterocycles. The normalized spacial score (nSPS) is 12.8. The lowest BCUT2D eigenvalue weighted by Crippen LogP contribution is -2.23. The highest BCUT2D eigenvalue weighted by Crippen LogP contribution is 2.25. The molecule has 0 amide bonds. The van der Waals surface area contributed by atoms with E-state index in [-0.39, 0.29) is 23.0 Å². The third-order valence-corrected chi connectivity index (χ3v) is 6.51. The summed E-state index contributed by atoms with van der Waals surface area (Å²) in [6.07, 6.45) is 0.995. The summed E-state index contributed by atoms with van der Waals surface area (Å²) in [4.78, 5) is 0.222. The van der Waals surface area contributed by atoms with Gasteiger partial charge >= 0.3 is 0 Å². The van der Waals surface area contributed by atoms with Crippen LogP contribution in [0.4, 0.5) is 0 Å². The molecule has 0 aliphatic carbocycles. The molecule has 27 heavy (non-hydrogen) atoms. The summed E-state index contributed by atoms with van der Waals surface area (Å²) in [6, 6.07) is 15.9. The van der Waals surface area contributed by atoms with Crippen LogP contribution >= 0.6 is 0 Å². The van der Waals surface area contributed by atoms with Crippen LogP contribution in [0.2, 0.25) is 0 Å². The van der Waals surface area contributed by atoms with Gasteiger partial charge in [0.25, 0.3) is 20.2 Å². The maximum atomic E-state index is 12.2. The molecule has 2 rings (SSSR count). The third kappa shape index (κ3) is 6.73. The summed E-state index contributed by atoms with van der Waals surface area (Å²) in [5.74, 6) is 0. The Bertz CT molecular complexity index is 921. The second kappa shape index (κ2) is 8.97. The average molecular weight is 413 g/mol. The van der Waals surface area contributed by atoms with Crippen LogP contribution in [0.3, 0.4) is 0 Å². The lowest BCUT2D eigenvalue weighted by molar-refractivity contribution is 0.163. The minimum absolute atomic E-state index is 0.00430. The molecule has 0 aliphatic rings. The first-order valence-electron chi connectivity index (χ1n) is 8.51. The van der Waals surface area contributed by atoms with Crippen LogP contribution < -0.4 is 0 Å². The van der Waals surface area contributed by atoms with Crippen LogP contribution in [0, 0.1) is 5.41 Å². The van der Waals surface area contributed by atoms with E-state index in [9.17, 15) is 16.8 Å². The Labute approximate surface area is 161 Å². The van der Waals surface area contributed by atoms with E-state index < -0.39 is 25.7 Å². The molecular weight excluding hydrogens is 388 g/mol. The van der Waals surface area contributed by atoms with Gasteiger partial charge < -0.3 is 0 Å². The first kappa shape index (κ1) is 21.6. The fraction of sp³-hybridized carbons (Fsp3) is 0.368. The second-order valence-electron chi connectivity index (χ2n) is 6.89. The standard InChI is InChI=1S/C19H24O6S2/c1-19(2,16-25-27(22,23)18-12-7-4-8-13-18)14-9-15-24-26(20,21)17-10-5-3-6-11-17/h3-8,10-13H,9,14-16H2,1-2H3. The predicted molar refractivity (Wildman–Crippen MR) is 102 cm³/mol. The Morgan fingerprint density at radius 3 is 1.67 bits per heavy atom. The Morgan fingerprint density at radius 2 is 1.19 bits per heavy atom. The summed E-state index contributed by atoms with van der Waals surface area (Å²) < 4.78 is 58.6. The number of rotatable bonds is 10. The molecule has 148 valence electrons. The fourth-order valence-corrected chi connectivity index (χ4v) is 4.40. The van der Waals surface area contributed by atoms with Crippen molar-refractivity contribution in [3.63, 3.8) is 0 Å². The topological polar surface area (TPSA) is 86.7 Å². The van der Waals surface area contributed by atoms with Crippen LogP contribution in [-0.4, -0.2) is 30.0 Å². The number of benzene rings is 2. The molecule has 0 N–H and O–H groups in total. The molecule has 0 saturated heterocycles. The first-order chi connectivity index (χ1) is 12.6. The van der Waals surface area contributed by atoms with E-state index in [0.29, 0.717) is 12.8 Å². The van der Waals surface area contributed by atoms with Crippen molar-refractivity contribution < 1.29 is 25.2 Å². The summed E-state index contributed by atoms with van der Waals surface area (Å²) in [6.45, 7) is 3.74. The van der Waals surface area contributed by atoms with Crippen LogP contribution in [0.25, 0.3) is 0 Å². The Kier molecular flexibility index (Phi) is 7.16. The van der Waals surface area contributed by atoms with Crippen molar-refractivity contribution in [2.45, 2.75) is 36.5 Å². The molecule has 0 heterocycles. The van der Waals surface area contributed by atoms with E-state index in [1.165, 1.54) is 24.3 Å². The van der Waals surface area contributed by atoms with Crippen LogP contribution in [0.15, 0.2) is 70.5 Å². The van der Waals surface area contributed by atoms with Crippen molar-refractivity contribution in [3.8, 4) is 0 Å². The molecule has 0 aliphatic heterocycles. The van der Waals surface area contributed by atoms with Crippen molar-refractivity contribution in [2.24, 2.45) is 5.41 Å². The maximum absolute atomic E-state index is 12.2. The lowest BCUT2D eigenvalue weighted by atomic mass is 9.89. The Morgan fingerprint density at radius 1 is 0.741 bits per heavy atom. The predicted octanol–water partition coefficient (Wildman–Crippen LogP) is 3.60. The first-order valence-corrected chi connectivity index (χ1v) is 11.3. The lowest BCUT2D eigenvalue weighted by Gasteiger charge is -2.23. The van der Waals surface area contributed by atoms with Gasteiger partial charge in [-0.2, -0.15) is 16.8 Å². The zero-order chi connectivity index (χ0) is 20.0. The van der Waals surface area contributed by atoms with E-state index in [1.54, 1.807) is 36.4 Å². The van der Waals surface area contributed by atoms with Crippen LogP contribution in [-0.2, 0) is 28.6 Å². The SMILES string of the molecule is CC(C)(CCCOS(=O)(=O)c1ccccc1)COS(=O)(=O)c1ccccc1. The highest BCUT2D eigenvalue weighted by Gasteiger charge is 2.24. The molecule has 2 aromatic rings. The highest BCUT2D eigenvalue weighted by atomic mass is 32.2. The van der Waals surface area contributed by atoms with Gasteiger partial charge in [-0.15, -0.1) is 0 Å². The molecule has 8 heteroatoms. The molecule has 0 radical (unpaired) electrons. The molecule has 6 nitrogen and oxygen atoms in total. The van der Waals surface area contributed by atoms with Gasteiger partial charge in [0.1, 0.15) is 0 Å². The maximum Gasteiger partial charge on any atom is 0.296 e. The summed E-state index contributed by atoms with van der Waals surface area (Å²) in [7, 11) is -7.59. The second-order valence-corrected chi connectivity index (χ2v) is 10.1. The van der Waals surface area contributed by atoms with E-state index in [1.807, 2.05) is 13.8 Å². The number of hydrogen-bond acceptors (Lipinski definition) is 6. The zero-order valence-electron chi connectivity index (χ0n) is 15.4. The Balaban J connectivity index is 1.81. The van der Waals surface area contributed by atoms with Gasteiger partial charge in [-0.3, -0.25) is 8.37 Å². The molecule has 0 spiro atoms. The van der Waals surface area contributed by atoms with E-state index in [0.717, 1.165) is 0 Å². The van der Waals surface area contributed by atoms with Gasteiger partial charge in [0.2, 0.25) is 0 Å². The quantitative estimate of drug-likeness (QED) is 0.438. The van der Waals surface area contributed by atoms with E-state index >= 15 is 0 Å². The number of hydrogen-bond donors (Lipinski definition) is 0. The van der Waals surface area contributed by atoms with Gasteiger partial charge in [-0.1, -0.05) is 50.2 Å². The van der Waals surface area contributed by atoms with Crippen LogP contribution in [0.1, 0.15) is 26.7 Å². The summed E-state index contributed by atoms with van der Waals surface area (Å²) >= 11 is 0. The Hall–Kier alpha value is -1.74. The molecule has 0 fully saturated rings. The van der Waals surface area contributed by atoms with Gasteiger partial charge in [-0.25, -0.2) is 0 Å². The smallest absolute Gasteiger partial charge is 0.266 e. The van der Waals surface area contributed by atoms with Crippen molar-refractivity contribution in [3.05, 3.63) is 60.7 Å². The van der Waals surface area contributed by atoms with Crippen molar-refractivity contribution >= 4 is 20.2 Å². The van der Waals surface area contributed by atoms with Gasteiger partial charge in [0.05, 0.1) is 23.0 Å². The monoisotopic (exact) mass is 412 g/mol. The molecule has 2 aromatic carbocycles. The molecule has 0 atom stereocenters. The molecule has 0 saturated carbocycles. The summed E-state index contributed by atoms with van der Waals surface area (Å²) in [5.41, 5.74) is -0.457. The third-order valence-electron chi connectivity index (χ3n) is 3.90. The largest absolute Gasteiger partial charge is 0.296 e. The minimum Gasteiger partial charge on any atom is -0.266 e. The van der Waals surface area contributed by atoms with Crippen molar-refractivity contribution in [1.29, 1.82) is 0 Å².